The van der Waals surface area contributed by atoms with Crippen LogP contribution in [0.15, 0.2) is 24.3 Å². The van der Waals surface area contributed by atoms with Crippen LogP contribution in [0.3, 0.4) is 0 Å². The van der Waals surface area contributed by atoms with Crippen molar-refractivity contribution in [2.24, 2.45) is 0 Å². The van der Waals surface area contributed by atoms with Crippen LogP contribution in [0.5, 0.6) is 0 Å². The number of carbonyl (C=O) groups excluding carboxylic acids is 1. The van der Waals surface area contributed by atoms with E-state index < -0.39 is 0 Å². The first kappa shape index (κ1) is 11.0. The molecule has 0 aromatic heterocycles. The van der Waals surface area contributed by atoms with Crippen LogP contribution >= 0.6 is 11.6 Å². The Bertz CT molecular complexity index is 308. The highest BCUT2D eigenvalue weighted by atomic mass is 35.5. The maximum Gasteiger partial charge on any atom is 0.274 e. The van der Waals surface area contributed by atoms with Gasteiger partial charge in [-0.15, -0.1) is 0 Å². The Morgan fingerprint density at radius 2 is 1.93 bits per heavy atom. The molecule has 0 radical (unpaired) electrons. The SMILES string of the molecule is CC(C)ONC(=O)c1ccc(Cl)cc1. The van der Waals surface area contributed by atoms with Crippen LogP contribution in [0.25, 0.3) is 0 Å². The van der Waals surface area contributed by atoms with Crippen LogP contribution in [0.2, 0.25) is 5.02 Å². The van der Waals surface area contributed by atoms with Gasteiger partial charge >= 0.3 is 0 Å². The number of hydroxylamine groups is 1. The number of nitrogens with one attached hydrogen (secondary N) is 1. The smallest absolute Gasteiger partial charge is 0.271 e. The lowest BCUT2D eigenvalue weighted by atomic mass is 10.2. The molecule has 14 heavy (non-hydrogen) atoms. The van der Waals surface area contributed by atoms with E-state index in [-0.39, 0.29) is 12.0 Å². The summed E-state index contributed by atoms with van der Waals surface area (Å²) in [7, 11) is 0. The van der Waals surface area contributed by atoms with Crippen molar-refractivity contribution < 1.29 is 9.63 Å². The standard InChI is InChI=1S/C10H12ClNO2/c1-7(2)14-12-10(13)8-3-5-9(11)6-4-8/h3-7H,1-2H3,(H,12,13). The van der Waals surface area contributed by atoms with E-state index in [1.165, 1.54) is 0 Å². The Balaban J connectivity index is 2.57. The van der Waals surface area contributed by atoms with Crippen LogP contribution in [0.1, 0.15) is 24.2 Å². The molecule has 0 unspecified atom stereocenters. The van der Waals surface area contributed by atoms with Crippen molar-refractivity contribution in [3.8, 4) is 0 Å². The lowest BCUT2D eigenvalue weighted by Crippen LogP contribution is -2.26. The summed E-state index contributed by atoms with van der Waals surface area (Å²) in [5.74, 6) is -0.268. The molecule has 0 aliphatic rings. The summed E-state index contributed by atoms with van der Waals surface area (Å²) in [5, 5.41) is 0.603. The van der Waals surface area contributed by atoms with Gasteiger partial charge in [-0.3, -0.25) is 9.63 Å². The zero-order valence-corrected chi connectivity index (χ0v) is 8.84. The normalized spacial score (nSPS) is 10.3. The van der Waals surface area contributed by atoms with Crippen LogP contribution in [-0.4, -0.2) is 12.0 Å². The molecule has 76 valence electrons. The highest BCUT2D eigenvalue weighted by Crippen LogP contribution is 2.09. The summed E-state index contributed by atoms with van der Waals surface area (Å²) in [6, 6.07) is 6.60. The minimum absolute atomic E-state index is 0.0359. The van der Waals surface area contributed by atoms with Crippen molar-refractivity contribution in [2.45, 2.75) is 20.0 Å². The molecule has 1 N–H and O–H groups in total. The first-order valence-corrected chi connectivity index (χ1v) is 4.69. The predicted octanol–water partition coefficient (Wildman–Crippen LogP) is 2.41. The lowest BCUT2D eigenvalue weighted by molar-refractivity contribution is 0.000190. The largest absolute Gasteiger partial charge is 0.274 e. The molecule has 0 spiro atoms. The molecule has 0 heterocycles. The monoisotopic (exact) mass is 213 g/mol. The molecular weight excluding hydrogens is 202 g/mol. The highest BCUT2D eigenvalue weighted by molar-refractivity contribution is 6.30. The number of halogens is 1. The molecule has 0 fully saturated rings. The van der Waals surface area contributed by atoms with E-state index >= 15 is 0 Å². The van der Waals surface area contributed by atoms with Gasteiger partial charge in [0.05, 0.1) is 6.10 Å². The maximum atomic E-state index is 11.4. The molecule has 0 bridgehead atoms. The molecule has 0 saturated heterocycles. The Hall–Kier alpha value is -1.06. The summed E-state index contributed by atoms with van der Waals surface area (Å²) in [6.07, 6.45) is -0.0359. The Morgan fingerprint density at radius 3 is 2.43 bits per heavy atom. The molecular formula is C10H12ClNO2. The number of rotatable bonds is 3. The van der Waals surface area contributed by atoms with Gasteiger partial charge in [0.1, 0.15) is 0 Å². The third kappa shape index (κ3) is 3.36. The molecule has 1 amide bonds. The van der Waals surface area contributed by atoms with Crippen LogP contribution < -0.4 is 5.48 Å². The van der Waals surface area contributed by atoms with Gasteiger partial charge in [-0.1, -0.05) is 11.6 Å². The summed E-state index contributed by atoms with van der Waals surface area (Å²) >= 11 is 5.68. The van der Waals surface area contributed by atoms with Crippen molar-refractivity contribution in [1.82, 2.24) is 5.48 Å². The fraction of sp³-hybridized carbons (Fsp3) is 0.300. The number of carbonyl (C=O) groups is 1. The number of benzene rings is 1. The van der Waals surface area contributed by atoms with Gasteiger partial charge in [0.2, 0.25) is 0 Å². The Morgan fingerprint density at radius 1 is 1.36 bits per heavy atom. The van der Waals surface area contributed by atoms with Crippen molar-refractivity contribution >= 4 is 17.5 Å². The van der Waals surface area contributed by atoms with Crippen LogP contribution in [0.4, 0.5) is 0 Å². The molecule has 0 saturated carbocycles. The molecule has 0 aliphatic heterocycles. The number of hydrogen-bond donors (Lipinski definition) is 1. The van der Waals surface area contributed by atoms with E-state index in [1.54, 1.807) is 24.3 Å². The minimum atomic E-state index is -0.268. The number of amides is 1. The van der Waals surface area contributed by atoms with Gasteiger partial charge < -0.3 is 0 Å². The third-order valence-corrected chi connectivity index (χ3v) is 1.75. The van der Waals surface area contributed by atoms with Crippen molar-refractivity contribution in [1.29, 1.82) is 0 Å². The second-order valence-electron chi connectivity index (χ2n) is 3.10. The minimum Gasteiger partial charge on any atom is -0.271 e. The van der Waals surface area contributed by atoms with Gasteiger partial charge in [-0.2, -0.15) is 0 Å². The molecule has 1 rings (SSSR count). The fourth-order valence-corrected chi connectivity index (χ4v) is 0.958. The molecule has 3 nitrogen and oxygen atoms in total. The topological polar surface area (TPSA) is 38.3 Å². The summed E-state index contributed by atoms with van der Waals surface area (Å²) in [5.41, 5.74) is 2.86. The van der Waals surface area contributed by atoms with Gasteiger partial charge in [-0.05, 0) is 38.1 Å². The molecule has 4 heteroatoms. The fourth-order valence-electron chi connectivity index (χ4n) is 0.832. The predicted molar refractivity (Wildman–Crippen MR) is 55.1 cm³/mol. The van der Waals surface area contributed by atoms with Crippen LogP contribution in [0, 0.1) is 0 Å². The summed E-state index contributed by atoms with van der Waals surface area (Å²) in [4.78, 5) is 16.3. The second kappa shape index (κ2) is 4.98. The first-order chi connectivity index (χ1) is 6.59. The first-order valence-electron chi connectivity index (χ1n) is 4.31. The van der Waals surface area contributed by atoms with E-state index in [1.807, 2.05) is 13.8 Å². The summed E-state index contributed by atoms with van der Waals surface area (Å²) in [6.45, 7) is 3.67. The zero-order valence-electron chi connectivity index (χ0n) is 8.08. The molecule has 0 atom stereocenters. The van der Waals surface area contributed by atoms with Gasteiger partial charge in [0.25, 0.3) is 5.91 Å². The van der Waals surface area contributed by atoms with Crippen molar-refractivity contribution in [2.75, 3.05) is 0 Å². The Kier molecular flexibility index (Phi) is 3.92. The Labute approximate surface area is 88.0 Å². The molecule has 1 aromatic carbocycles. The lowest BCUT2D eigenvalue weighted by Gasteiger charge is -2.08. The van der Waals surface area contributed by atoms with Crippen molar-refractivity contribution in [3.63, 3.8) is 0 Å². The zero-order chi connectivity index (χ0) is 10.6. The van der Waals surface area contributed by atoms with E-state index in [9.17, 15) is 4.79 Å². The number of hydrogen-bond acceptors (Lipinski definition) is 2. The van der Waals surface area contributed by atoms with Crippen molar-refractivity contribution in [3.05, 3.63) is 34.9 Å². The highest BCUT2D eigenvalue weighted by Gasteiger charge is 2.05. The van der Waals surface area contributed by atoms with E-state index in [2.05, 4.69) is 5.48 Å². The summed E-state index contributed by atoms with van der Waals surface area (Å²) < 4.78 is 0. The van der Waals surface area contributed by atoms with Gasteiger partial charge in [0, 0.05) is 10.6 Å². The average Bonchev–Trinajstić information content (AvgIpc) is 2.15. The third-order valence-electron chi connectivity index (χ3n) is 1.49. The quantitative estimate of drug-likeness (QED) is 0.784. The van der Waals surface area contributed by atoms with Crippen LogP contribution in [-0.2, 0) is 4.84 Å². The van der Waals surface area contributed by atoms with E-state index in [0.717, 1.165) is 0 Å². The van der Waals surface area contributed by atoms with E-state index in [4.69, 9.17) is 16.4 Å². The van der Waals surface area contributed by atoms with Gasteiger partial charge in [0.15, 0.2) is 0 Å². The average molecular weight is 214 g/mol. The molecule has 1 aromatic rings. The second-order valence-corrected chi connectivity index (χ2v) is 3.54. The van der Waals surface area contributed by atoms with E-state index in [0.29, 0.717) is 10.6 Å². The molecule has 0 aliphatic carbocycles. The van der Waals surface area contributed by atoms with Gasteiger partial charge in [-0.25, -0.2) is 5.48 Å². The maximum absolute atomic E-state index is 11.4.